The van der Waals surface area contributed by atoms with E-state index in [9.17, 15) is 4.79 Å². The van der Waals surface area contributed by atoms with Crippen LogP contribution in [0.2, 0.25) is 0 Å². The van der Waals surface area contributed by atoms with Crippen molar-refractivity contribution >= 4 is 17.7 Å². The van der Waals surface area contributed by atoms with Crippen molar-refractivity contribution in [3.05, 3.63) is 0 Å². The van der Waals surface area contributed by atoms with Gasteiger partial charge in [-0.05, 0) is 38.5 Å². The monoisotopic (exact) mass is 214 g/mol. The molecule has 0 aromatic heterocycles. The molecule has 2 N–H and O–H groups in total. The molecule has 2 atom stereocenters. The Morgan fingerprint density at radius 3 is 3.07 bits per heavy atom. The van der Waals surface area contributed by atoms with Crippen molar-refractivity contribution in [1.82, 2.24) is 10.6 Å². The number of nitrogens with one attached hydrogen (secondary N) is 2. The molecule has 2 rings (SSSR count). The Balaban J connectivity index is 1.87. The number of hydrogen-bond acceptors (Lipinski definition) is 3. The van der Waals surface area contributed by atoms with Gasteiger partial charge in [0.05, 0.1) is 4.75 Å². The summed E-state index contributed by atoms with van der Waals surface area (Å²) in [4.78, 5) is 12.0. The van der Waals surface area contributed by atoms with E-state index < -0.39 is 0 Å². The van der Waals surface area contributed by atoms with E-state index >= 15 is 0 Å². The minimum Gasteiger partial charge on any atom is -0.351 e. The van der Waals surface area contributed by atoms with E-state index in [0.29, 0.717) is 6.04 Å². The van der Waals surface area contributed by atoms with Crippen LogP contribution in [-0.4, -0.2) is 35.5 Å². The summed E-state index contributed by atoms with van der Waals surface area (Å²) in [6, 6.07) is 0.362. The molecule has 0 saturated carbocycles. The van der Waals surface area contributed by atoms with Crippen LogP contribution in [0, 0.1) is 0 Å². The average molecular weight is 214 g/mol. The summed E-state index contributed by atoms with van der Waals surface area (Å²) < 4.78 is -0.150. The summed E-state index contributed by atoms with van der Waals surface area (Å²) in [5.41, 5.74) is 0. The summed E-state index contributed by atoms with van der Waals surface area (Å²) in [5.74, 6) is 1.38. The van der Waals surface area contributed by atoms with Gasteiger partial charge in [-0.1, -0.05) is 0 Å². The molecule has 14 heavy (non-hydrogen) atoms. The summed E-state index contributed by atoms with van der Waals surface area (Å²) >= 11 is 1.80. The molecule has 2 fully saturated rings. The molecule has 2 aliphatic rings. The molecule has 2 unspecified atom stereocenters. The standard InChI is InChI=1S/C10H18N2OS/c1-10(4-2-6-14-10)9(13)12-8-3-5-11-7-8/h8,11H,2-7H2,1H3,(H,12,13). The molecule has 4 heteroatoms. The zero-order valence-corrected chi connectivity index (χ0v) is 9.45. The summed E-state index contributed by atoms with van der Waals surface area (Å²) in [5, 5.41) is 6.40. The third kappa shape index (κ3) is 2.06. The van der Waals surface area contributed by atoms with Gasteiger partial charge in [0.2, 0.25) is 5.91 Å². The van der Waals surface area contributed by atoms with Crippen LogP contribution < -0.4 is 10.6 Å². The van der Waals surface area contributed by atoms with E-state index in [-0.39, 0.29) is 10.7 Å². The Hall–Kier alpha value is -0.220. The van der Waals surface area contributed by atoms with Gasteiger partial charge in [0.25, 0.3) is 0 Å². The maximum atomic E-state index is 12.0. The lowest BCUT2D eigenvalue weighted by atomic mass is 10.0. The molecule has 2 saturated heterocycles. The van der Waals surface area contributed by atoms with Crippen LogP contribution in [0.15, 0.2) is 0 Å². The number of rotatable bonds is 2. The van der Waals surface area contributed by atoms with E-state index in [1.54, 1.807) is 11.8 Å². The third-order valence-electron chi connectivity index (χ3n) is 3.09. The minimum atomic E-state index is -0.150. The van der Waals surface area contributed by atoms with Crippen LogP contribution in [0.1, 0.15) is 26.2 Å². The first-order chi connectivity index (χ1) is 6.71. The summed E-state index contributed by atoms with van der Waals surface area (Å²) in [6.07, 6.45) is 3.29. The van der Waals surface area contributed by atoms with E-state index in [0.717, 1.165) is 31.7 Å². The molecule has 2 aliphatic heterocycles. The lowest BCUT2D eigenvalue weighted by Crippen LogP contribution is -2.46. The number of amides is 1. The first kappa shape index (κ1) is 10.3. The molecule has 0 spiro atoms. The molecular weight excluding hydrogens is 196 g/mol. The topological polar surface area (TPSA) is 41.1 Å². The normalized spacial score (nSPS) is 37.4. The third-order valence-corrected chi connectivity index (χ3v) is 4.61. The van der Waals surface area contributed by atoms with Gasteiger partial charge in [-0.3, -0.25) is 4.79 Å². The second-order valence-electron chi connectivity index (χ2n) is 4.35. The van der Waals surface area contributed by atoms with Crippen molar-refractivity contribution in [2.75, 3.05) is 18.8 Å². The summed E-state index contributed by atoms with van der Waals surface area (Å²) in [7, 11) is 0. The molecule has 1 amide bonds. The molecule has 0 aromatic carbocycles. The van der Waals surface area contributed by atoms with Gasteiger partial charge in [-0.2, -0.15) is 0 Å². The zero-order chi connectivity index (χ0) is 10.0. The van der Waals surface area contributed by atoms with Gasteiger partial charge >= 0.3 is 0 Å². The lowest BCUT2D eigenvalue weighted by molar-refractivity contribution is -0.123. The van der Waals surface area contributed by atoms with E-state index in [1.807, 2.05) is 0 Å². The van der Waals surface area contributed by atoms with Crippen LogP contribution >= 0.6 is 11.8 Å². The summed E-state index contributed by atoms with van der Waals surface area (Å²) in [6.45, 7) is 4.05. The van der Waals surface area contributed by atoms with Crippen molar-refractivity contribution < 1.29 is 4.79 Å². The van der Waals surface area contributed by atoms with Crippen LogP contribution in [0.3, 0.4) is 0 Å². The number of hydrogen-bond donors (Lipinski definition) is 2. The van der Waals surface area contributed by atoms with Gasteiger partial charge in [-0.25, -0.2) is 0 Å². The zero-order valence-electron chi connectivity index (χ0n) is 8.64. The lowest BCUT2D eigenvalue weighted by Gasteiger charge is -2.23. The molecule has 3 nitrogen and oxygen atoms in total. The maximum Gasteiger partial charge on any atom is 0.236 e. The molecule has 2 heterocycles. The van der Waals surface area contributed by atoms with E-state index in [1.165, 1.54) is 6.42 Å². The number of carbonyl (C=O) groups excluding carboxylic acids is 1. The quantitative estimate of drug-likeness (QED) is 0.713. The van der Waals surface area contributed by atoms with Crippen LogP contribution in [0.5, 0.6) is 0 Å². The van der Waals surface area contributed by atoms with Crippen LogP contribution in [0.4, 0.5) is 0 Å². The first-order valence-corrected chi connectivity index (χ1v) is 6.35. The minimum absolute atomic E-state index is 0.150. The van der Waals surface area contributed by atoms with E-state index in [4.69, 9.17) is 0 Å². The van der Waals surface area contributed by atoms with Crippen molar-refractivity contribution in [2.24, 2.45) is 0 Å². The van der Waals surface area contributed by atoms with E-state index in [2.05, 4.69) is 17.6 Å². The van der Waals surface area contributed by atoms with Crippen molar-refractivity contribution in [1.29, 1.82) is 0 Å². The predicted molar refractivity (Wildman–Crippen MR) is 59.5 cm³/mol. The highest BCUT2D eigenvalue weighted by Crippen LogP contribution is 2.37. The van der Waals surface area contributed by atoms with Gasteiger partial charge in [0.15, 0.2) is 0 Å². The Kier molecular flexibility index (Phi) is 3.02. The van der Waals surface area contributed by atoms with Crippen LogP contribution in [0.25, 0.3) is 0 Å². The fourth-order valence-electron chi connectivity index (χ4n) is 2.07. The molecule has 0 radical (unpaired) electrons. The van der Waals surface area contributed by atoms with Gasteiger partial charge in [0.1, 0.15) is 0 Å². The SMILES string of the molecule is CC1(C(=O)NC2CCNC2)CCCS1. The smallest absolute Gasteiger partial charge is 0.236 e. The second-order valence-corrected chi connectivity index (χ2v) is 5.94. The number of carbonyl (C=O) groups is 1. The van der Waals surface area contributed by atoms with Gasteiger partial charge < -0.3 is 10.6 Å². The molecule has 80 valence electrons. The van der Waals surface area contributed by atoms with Crippen molar-refractivity contribution in [3.8, 4) is 0 Å². The average Bonchev–Trinajstić information content (AvgIpc) is 2.76. The highest BCUT2D eigenvalue weighted by molar-refractivity contribution is 8.01. The fourth-order valence-corrected chi connectivity index (χ4v) is 3.29. The Morgan fingerprint density at radius 2 is 2.50 bits per heavy atom. The Morgan fingerprint density at radius 1 is 1.64 bits per heavy atom. The maximum absolute atomic E-state index is 12.0. The Labute approximate surface area is 89.4 Å². The Bertz CT molecular complexity index is 220. The van der Waals surface area contributed by atoms with Crippen molar-refractivity contribution in [2.45, 2.75) is 37.0 Å². The second kappa shape index (κ2) is 4.11. The molecule has 0 aliphatic carbocycles. The molecule has 0 bridgehead atoms. The highest BCUT2D eigenvalue weighted by Gasteiger charge is 2.38. The first-order valence-electron chi connectivity index (χ1n) is 5.36. The predicted octanol–water partition coefficient (Wildman–Crippen LogP) is 0.750. The highest BCUT2D eigenvalue weighted by atomic mass is 32.2. The fraction of sp³-hybridized carbons (Fsp3) is 0.900. The van der Waals surface area contributed by atoms with Crippen LogP contribution in [-0.2, 0) is 4.79 Å². The molecule has 0 aromatic rings. The van der Waals surface area contributed by atoms with Gasteiger partial charge in [0, 0.05) is 12.6 Å². The largest absolute Gasteiger partial charge is 0.351 e. The molecular formula is C10H18N2OS. The number of thioether (sulfide) groups is 1. The van der Waals surface area contributed by atoms with Gasteiger partial charge in [-0.15, -0.1) is 11.8 Å². The van der Waals surface area contributed by atoms with Crippen molar-refractivity contribution in [3.63, 3.8) is 0 Å².